The predicted octanol–water partition coefficient (Wildman–Crippen LogP) is 4.25. The van der Waals surface area contributed by atoms with Crippen molar-refractivity contribution in [3.8, 4) is 5.75 Å². The van der Waals surface area contributed by atoms with Crippen molar-refractivity contribution in [2.45, 2.75) is 44.1 Å². The molecule has 4 nitrogen and oxygen atoms in total. The molecule has 0 unspecified atom stereocenters. The Morgan fingerprint density at radius 1 is 1.16 bits per heavy atom. The number of carbonyl (C=O) groups is 1. The van der Waals surface area contributed by atoms with Crippen LogP contribution in [0, 0.1) is 6.92 Å². The monoisotopic (exact) mass is 336 g/mol. The van der Waals surface area contributed by atoms with Crippen LogP contribution < -0.4 is 15.4 Å². The molecule has 1 aliphatic heterocycles. The lowest BCUT2D eigenvalue weighted by molar-refractivity contribution is -0.122. The first kappa shape index (κ1) is 16.0. The Bertz CT molecular complexity index is 807. The number of amides is 1. The summed E-state index contributed by atoms with van der Waals surface area (Å²) in [5, 5.41) is 6.70. The fraction of sp³-hybridized carbons (Fsp3) is 0.381. The molecule has 25 heavy (non-hydrogen) atoms. The van der Waals surface area contributed by atoms with Crippen molar-refractivity contribution in [3.05, 3.63) is 53.6 Å². The zero-order chi connectivity index (χ0) is 17.4. The molecule has 4 heteroatoms. The molecule has 4 rings (SSSR count). The van der Waals surface area contributed by atoms with Gasteiger partial charge in [-0.25, -0.2) is 0 Å². The van der Waals surface area contributed by atoms with E-state index in [0.29, 0.717) is 6.04 Å². The van der Waals surface area contributed by atoms with Crippen molar-refractivity contribution < 1.29 is 9.53 Å². The highest BCUT2D eigenvalue weighted by molar-refractivity contribution is 6.06. The topological polar surface area (TPSA) is 50.4 Å². The van der Waals surface area contributed by atoms with Crippen LogP contribution in [0.15, 0.2) is 42.5 Å². The van der Waals surface area contributed by atoms with Crippen molar-refractivity contribution in [3.63, 3.8) is 0 Å². The number of carbonyl (C=O) groups excluding carboxylic acids is 1. The number of nitrogens with one attached hydrogen (secondary N) is 2. The zero-order valence-electron chi connectivity index (χ0n) is 14.8. The molecule has 0 atom stereocenters. The Balaban J connectivity index is 1.51. The van der Waals surface area contributed by atoms with Crippen molar-refractivity contribution >= 4 is 17.3 Å². The van der Waals surface area contributed by atoms with Gasteiger partial charge in [0, 0.05) is 11.7 Å². The van der Waals surface area contributed by atoms with Gasteiger partial charge in [-0.05, 0) is 61.9 Å². The van der Waals surface area contributed by atoms with E-state index in [1.165, 1.54) is 11.1 Å². The highest BCUT2D eigenvalue weighted by atomic mass is 16.5. The fourth-order valence-electron chi connectivity index (χ4n) is 4.28. The number of para-hydroxylation sites is 1. The third kappa shape index (κ3) is 2.66. The molecule has 1 saturated carbocycles. The van der Waals surface area contributed by atoms with Gasteiger partial charge in [0.2, 0.25) is 5.91 Å². The van der Waals surface area contributed by atoms with Gasteiger partial charge in [0.15, 0.2) is 0 Å². The van der Waals surface area contributed by atoms with E-state index in [1.807, 2.05) is 24.3 Å². The van der Waals surface area contributed by atoms with Gasteiger partial charge < -0.3 is 15.4 Å². The van der Waals surface area contributed by atoms with Crippen LogP contribution in [0.4, 0.5) is 11.4 Å². The average Bonchev–Trinajstić information content (AvgIpc) is 2.89. The molecule has 2 aromatic carbocycles. The van der Waals surface area contributed by atoms with Gasteiger partial charge >= 0.3 is 0 Å². The molecule has 1 aliphatic carbocycles. The number of ether oxygens (including phenoxy) is 1. The van der Waals surface area contributed by atoms with E-state index in [-0.39, 0.29) is 11.3 Å². The number of rotatable bonds is 3. The lowest BCUT2D eigenvalue weighted by atomic mass is 9.69. The van der Waals surface area contributed by atoms with Crippen molar-refractivity contribution in [1.29, 1.82) is 0 Å². The van der Waals surface area contributed by atoms with Crippen LogP contribution in [-0.4, -0.2) is 19.1 Å². The van der Waals surface area contributed by atoms with E-state index >= 15 is 0 Å². The molecule has 1 spiro atoms. The number of hydrogen-bond donors (Lipinski definition) is 2. The standard InChI is InChI=1S/C21H24N2O2/c1-14-7-8-19(25-2)18(13-14)22-15-9-11-21(12-10-15)16-5-3-4-6-17(16)23-20(21)24/h3-8,13,15,22H,9-12H2,1-2H3,(H,23,24). The van der Waals surface area contributed by atoms with Crippen LogP contribution in [0.2, 0.25) is 0 Å². The summed E-state index contributed by atoms with van der Waals surface area (Å²) < 4.78 is 5.47. The van der Waals surface area contributed by atoms with Gasteiger partial charge in [0.25, 0.3) is 0 Å². The quantitative estimate of drug-likeness (QED) is 0.881. The van der Waals surface area contributed by atoms with Gasteiger partial charge in [-0.3, -0.25) is 4.79 Å². The van der Waals surface area contributed by atoms with Crippen LogP contribution in [-0.2, 0) is 10.2 Å². The maximum absolute atomic E-state index is 12.7. The van der Waals surface area contributed by atoms with Gasteiger partial charge in [-0.1, -0.05) is 24.3 Å². The van der Waals surface area contributed by atoms with E-state index in [4.69, 9.17) is 4.74 Å². The largest absolute Gasteiger partial charge is 0.495 e. The smallest absolute Gasteiger partial charge is 0.235 e. The number of aryl methyl sites for hydroxylation is 1. The summed E-state index contributed by atoms with van der Waals surface area (Å²) >= 11 is 0. The van der Waals surface area contributed by atoms with E-state index in [0.717, 1.165) is 42.8 Å². The minimum absolute atomic E-state index is 0.167. The minimum Gasteiger partial charge on any atom is -0.495 e. The summed E-state index contributed by atoms with van der Waals surface area (Å²) in [5.74, 6) is 1.04. The number of hydrogen-bond acceptors (Lipinski definition) is 3. The van der Waals surface area contributed by atoms with Crippen LogP contribution in [0.1, 0.15) is 36.8 Å². The van der Waals surface area contributed by atoms with Gasteiger partial charge in [-0.2, -0.15) is 0 Å². The molecule has 0 bridgehead atoms. The van der Waals surface area contributed by atoms with E-state index in [1.54, 1.807) is 7.11 Å². The second-order valence-corrected chi connectivity index (χ2v) is 7.20. The molecule has 130 valence electrons. The van der Waals surface area contributed by atoms with Gasteiger partial charge in [-0.15, -0.1) is 0 Å². The molecular weight excluding hydrogens is 312 g/mol. The molecule has 0 radical (unpaired) electrons. The third-order valence-corrected chi connectivity index (χ3v) is 5.68. The van der Waals surface area contributed by atoms with Crippen molar-refractivity contribution in [2.24, 2.45) is 0 Å². The predicted molar refractivity (Wildman–Crippen MR) is 100 cm³/mol. The number of anilines is 2. The molecule has 0 aromatic heterocycles. The van der Waals surface area contributed by atoms with E-state index in [9.17, 15) is 4.79 Å². The number of fused-ring (bicyclic) bond motifs is 2. The van der Waals surface area contributed by atoms with Crippen LogP contribution in [0.25, 0.3) is 0 Å². The van der Waals surface area contributed by atoms with Crippen molar-refractivity contribution in [1.82, 2.24) is 0 Å². The first-order valence-electron chi connectivity index (χ1n) is 8.94. The third-order valence-electron chi connectivity index (χ3n) is 5.68. The average molecular weight is 336 g/mol. The molecule has 2 N–H and O–H groups in total. The normalized spacial score (nSPS) is 24.7. The van der Waals surface area contributed by atoms with Gasteiger partial charge in [0.1, 0.15) is 5.75 Å². The molecule has 1 heterocycles. The maximum atomic E-state index is 12.7. The Morgan fingerprint density at radius 3 is 2.68 bits per heavy atom. The van der Waals surface area contributed by atoms with E-state index < -0.39 is 0 Å². The Morgan fingerprint density at radius 2 is 1.92 bits per heavy atom. The Hall–Kier alpha value is -2.49. The summed E-state index contributed by atoms with van der Waals surface area (Å²) in [5.41, 5.74) is 4.07. The van der Waals surface area contributed by atoms with Gasteiger partial charge in [0.05, 0.1) is 18.2 Å². The van der Waals surface area contributed by atoms with Crippen LogP contribution in [0.3, 0.4) is 0 Å². The summed E-state index contributed by atoms with van der Waals surface area (Å²) in [4.78, 5) is 12.7. The first-order chi connectivity index (χ1) is 12.1. The minimum atomic E-state index is -0.342. The second-order valence-electron chi connectivity index (χ2n) is 7.20. The van der Waals surface area contributed by atoms with Crippen LogP contribution in [0.5, 0.6) is 5.75 Å². The lowest BCUT2D eigenvalue weighted by Crippen LogP contribution is -2.41. The molecule has 2 aliphatic rings. The Kier molecular flexibility index (Phi) is 3.91. The Labute approximate surface area is 148 Å². The summed E-state index contributed by atoms with van der Waals surface area (Å²) in [6.45, 7) is 2.08. The molecule has 1 amide bonds. The molecule has 2 aromatic rings. The maximum Gasteiger partial charge on any atom is 0.235 e. The molecular formula is C21H24N2O2. The highest BCUT2D eigenvalue weighted by Gasteiger charge is 2.48. The van der Waals surface area contributed by atoms with Crippen molar-refractivity contribution in [2.75, 3.05) is 17.7 Å². The summed E-state index contributed by atoms with van der Waals surface area (Å²) in [7, 11) is 1.70. The number of methoxy groups -OCH3 is 1. The molecule has 1 fully saturated rings. The lowest BCUT2D eigenvalue weighted by Gasteiger charge is -2.36. The highest BCUT2D eigenvalue weighted by Crippen LogP contribution is 2.47. The zero-order valence-corrected chi connectivity index (χ0v) is 14.8. The second kappa shape index (κ2) is 6.10. The fourth-order valence-corrected chi connectivity index (χ4v) is 4.28. The van der Waals surface area contributed by atoms with E-state index in [2.05, 4.69) is 35.8 Å². The SMILES string of the molecule is COc1ccc(C)cc1NC1CCC2(CC1)C(=O)Nc1ccccc12. The first-order valence-corrected chi connectivity index (χ1v) is 8.94. The molecule has 0 saturated heterocycles. The van der Waals surface area contributed by atoms with Crippen LogP contribution >= 0.6 is 0 Å². The number of benzene rings is 2. The summed E-state index contributed by atoms with van der Waals surface area (Å²) in [6.07, 6.45) is 3.70. The summed E-state index contributed by atoms with van der Waals surface area (Å²) in [6, 6.07) is 14.7.